The number of hydrogen-bond donors (Lipinski definition) is 0. The van der Waals surface area contributed by atoms with Gasteiger partial charge < -0.3 is 54.9 Å². The van der Waals surface area contributed by atoms with Crippen LogP contribution in [0.3, 0.4) is 0 Å². The first-order valence-electron chi connectivity index (χ1n) is 27.5. The maximum atomic E-state index is 7.61. The van der Waals surface area contributed by atoms with Crippen LogP contribution in [0.25, 0.3) is 0 Å². The average molecular weight is 1170 g/mol. The van der Waals surface area contributed by atoms with Crippen LogP contribution in [0.5, 0.6) is 0 Å². The van der Waals surface area contributed by atoms with E-state index in [9.17, 15) is 0 Å². The van der Waals surface area contributed by atoms with Crippen molar-refractivity contribution < 1.29 is 54.9 Å². The number of rotatable bonds is 31. The van der Waals surface area contributed by atoms with Crippen molar-refractivity contribution in [1.82, 2.24) is 0 Å². The van der Waals surface area contributed by atoms with Crippen molar-refractivity contribution in [3.63, 3.8) is 0 Å². The van der Waals surface area contributed by atoms with Crippen LogP contribution in [0, 0.1) is 0 Å². The molecule has 0 radical (unpaired) electrons. The van der Waals surface area contributed by atoms with Gasteiger partial charge in [-0.15, -0.1) is 0 Å². The SMILES string of the molecule is CO[C@H]1OC(COC(c2ccccc2)(c2ccccc2)c2ccccc2)[C@@H](OP(OCc2ccccc2)OCc2ccccc2)[C@H](OP(OCc2ccccc2)OCc2ccccc2)[C@@H]1OP(OCc1ccccc1)OCc1ccccc1. The Hall–Kier alpha value is -6.21. The van der Waals surface area contributed by atoms with Crippen LogP contribution in [-0.4, -0.2) is 44.4 Å². The number of methoxy groups -OCH3 is 1. The summed E-state index contributed by atoms with van der Waals surface area (Å²) < 4.78 is 83.6. The molecule has 1 aliphatic rings. The summed E-state index contributed by atoms with van der Waals surface area (Å²) in [6, 6.07) is 89.8. The summed E-state index contributed by atoms with van der Waals surface area (Å²) >= 11 is 0. The van der Waals surface area contributed by atoms with Crippen LogP contribution in [0.1, 0.15) is 50.1 Å². The summed E-state index contributed by atoms with van der Waals surface area (Å²) in [4.78, 5) is 0. The molecule has 9 aromatic rings. The van der Waals surface area contributed by atoms with E-state index in [1.807, 2.05) is 237 Å². The third-order valence-electron chi connectivity index (χ3n) is 13.5. The molecule has 1 fully saturated rings. The van der Waals surface area contributed by atoms with Gasteiger partial charge in [0.2, 0.25) is 0 Å². The van der Waals surface area contributed by atoms with Gasteiger partial charge in [0.25, 0.3) is 0 Å². The average Bonchev–Trinajstić information content (AvgIpc) is 3.64. The lowest BCUT2D eigenvalue weighted by molar-refractivity contribution is -0.288. The van der Waals surface area contributed by atoms with E-state index in [0.717, 1.165) is 50.1 Å². The van der Waals surface area contributed by atoms with Crippen molar-refractivity contribution in [2.45, 2.75) is 75.9 Å². The molecule has 12 nitrogen and oxygen atoms in total. The minimum absolute atomic E-state index is 0.0895. The quantitative estimate of drug-likeness (QED) is 0.0305. The maximum absolute atomic E-state index is 7.61. The van der Waals surface area contributed by atoms with Gasteiger partial charge >= 0.3 is 25.8 Å². The molecule has 83 heavy (non-hydrogen) atoms. The van der Waals surface area contributed by atoms with Crippen molar-refractivity contribution in [2.75, 3.05) is 13.7 Å². The second-order valence-electron chi connectivity index (χ2n) is 19.3. The Bertz CT molecular complexity index is 2960. The molecule has 1 heterocycles. The van der Waals surface area contributed by atoms with Crippen LogP contribution in [0.15, 0.2) is 273 Å². The first-order valence-corrected chi connectivity index (χ1v) is 30.8. The van der Waals surface area contributed by atoms with Gasteiger partial charge in [-0.1, -0.05) is 273 Å². The molecule has 1 aliphatic heterocycles. The van der Waals surface area contributed by atoms with E-state index in [0.29, 0.717) is 0 Å². The van der Waals surface area contributed by atoms with Gasteiger partial charge in [0, 0.05) is 7.11 Å². The largest absolute Gasteiger partial charge is 0.358 e. The van der Waals surface area contributed by atoms with Crippen LogP contribution in [0.4, 0.5) is 0 Å². The van der Waals surface area contributed by atoms with Gasteiger partial charge in [-0.25, -0.2) is 0 Å². The van der Waals surface area contributed by atoms with Crippen LogP contribution < -0.4 is 0 Å². The minimum Gasteiger partial charge on any atom is -0.358 e. The molecular weight excluding hydrogens is 1100 g/mol. The van der Waals surface area contributed by atoms with Crippen molar-refractivity contribution in [3.8, 4) is 0 Å². The molecule has 0 bridgehead atoms. The number of benzene rings is 9. The van der Waals surface area contributed by atoms with Gasteiger partial charge in [-0.05, 0) is 50.1 Å². The molecular formula is C68H67O12P3. The maximum Gasteiger partial charge on any atom is 0.333 e. The monoisotopic (exact) mass is 1170 g/mol. The van der Waals surface area contributed by atoms with Crippen molar-refractivity contribution in [2.24, 2.45) is 0 Å². The number of hydrogen-bond acceptors (Lipinski definition) is 12. The highest BCUT2D eigenvalue weighted by Crippen LogP contribution is 2.54. The molecule has 1 saturated heterocycles. The van der Waals surface area contributed by atoms with E-state index in [4.69, 9.17) is 54.9 Å². The Balaban J connectivity index is 1.09. The molecule has 15 heteroatoms. The summed E-state index contributed by atoms with van der Waals surface area (Å²) in [7, 11) is -5.14. The molecule has 5 atom stereocenters. The van der Waals surface area contributed by atoms with Crippen molar-refractivity contribution in [3.05, 3.63) is 323 Å². The molecule has 1 unspecified atom stereocenters. The summed E-state index contributed by atoms with van der Waals surface area (Å²) in [5, 5.41) is 0. The third kappa shape index (κ3) is 17.4. The summed E-state index contributed by atoms with van der Waals surface area (Å²) in [5.41, 5.74) is 7.03. The molecule has 0 aromatic heterocycles. The normalized spacial score (nSPS) is 17.3. The molecule has 0 N–H and O–H groups in total. The molecule has 10 rings (SSSR count). The van der Waals surface area contributed by atoms with Crippen LogP contribution in [0.2, 0.25) is 0 Å². The van der Waals surface area contributed by atoms with Gasteiger partial charge in [-0.3, -0.25) is 0 Å². The Kier molecular flexibility index (Phi) is 23.2. The Labute approximate surface area is 491 Å². The standard InChI is InChI=1S/C68H67O12P3/c1-69-67-66(80-83(75-51-58-37-19-6-20-38-58)76-52-59-39-21-7-22-40-59)65(79-82(73-49-56-33-15-4-16-34-56)74-50-57-35-17-5-18-36-57)64(78-81(71-47-54-29-11-2-12-30-54)72-48-55-31-13-3-14-32-55)63(77-67)53-70-68(60-41-23-8-24-42-60,61-43-25-9-26-44-61)62-45-27-10-28-46-62/h2-46,63-67H,47-53H2,1H3/t63?,64-,65+,66+,67+/m1/s1. The van der Waals surface area contributed by atoms with E-state index in [1.54, 1.807) is 7.11 Å². The summed E-state index contributed by atoms with van der Waals surface area (Å²) in [6.07, 6.45) is -5.58. The second kappa shape index (κ2) is 32.2. The number of ether oxygens (including phenoxy) is 3. The lowest BCUT2D eigenvalue weighted by Gasteiger charge is -2.47. The molecule has 426 valence electrons. The summed E-state index contributed by atoms with van der Waals surface area (Å²) in [6.45, 7) is 0.919. The second-order valence-corrected chi connectivity index (χ2v) is 22.8. The summed E-state index contributed by atoms with van der Waals surface area (Å²) in [5.74, 6) is 0. The van der Waals surface area contributed by atoms with Gasteiger partial charge in [0.15, 0.2) is 6.29 Å². The highest BCUT2D eigenvalue weighted by atomic mass is 31.2. The van der Waals surface area contributed by atoms with Gasteiger partial charge in [0.1, 0.15) is 30.0 Å². The van der Waals surface area contributed by atoms with Crippen molar-refractivity contribution >= 4 is 25.8 Å². The zero-order valence-corrected chi connectivity index (χ0v) is 48.7. The molecule has 0 saturated carbocycles. The smallest absolute Gasteiger partial charge is 0.333 e. The lowest BCUT2D eigenvalue weighted by Crippen LogP contribution is -2.61. The molecule has 0 aliphatic carbocycles. The van der Waals surface area contributed by atoms with Gasteiger partial charge in [0.05, 0.1) is 46.2 Å². The Morgan fingerprint density at radius 3 is 0.819 bits per heavy atom. The highest BCUT2D eigenvalue weighted by molar-refractivity contribution is 7.42. The van der Waals surface area contributed by atoms with Gasteiger partial charge in [-0.2, -0.15) is 0 Å². The highest BCUT2D eigenvalue weighted by Gasteiger charge is 2.54. The Morgan fingerprint density at radius 2 is 0.554 bits per heavy atom. The zero-order valence-electron chi connectivity index (χ0n) is 46.1. The fourth-order valence-electron chi connectivity index (χ4n) is 9.34. The van der Waals surface area contributed by atoms with E-state index >= 15 is 0 Å². The Morgan fingerprint density at radius 1 is 0.313 bits per heavy atom. The predicted octanol–water partition coefficient (Wildman–Crippen LogP) is 16.5. The van der Waals surface area contributed by atoms with Crippen molar-refractivity contribution in [1.29, 1.82) is 0 Å². The topological polar surface area (TPSA) is 111 Å². The molecule has 0 spiro atoms. The molecule has 0 amide bonds. The minimum atomic E-state index is -2.25. The first kappa shape index (κ1) is 59.9. The fourth-order valence-corrected chi connectivity index (χ4v) is 12.8. The van der Waals surface area contributed by atoms with Crippen LogP contribution in [-0.2, 0) is 100 Å². The first-order chi connectivity index (χ1) is 41.1. The third-order valence-corrected chi connectivity index (χ3v) is 16.8. The zero-order chi connectivity index (χ0) is 56.6. The predicted molar refractivity (Wildman–Crippen MR) is 324 cm³/mol. The van der Waals surface area contributed by atoms with E-state index in [1.165, 1.54) is 0 Å². The lowest BCUT2D eigenvalue weighted by atomic mass is 9.80. The van der Waals surface area contributed by atoms with E-state index in [-0.39, 0.29) is 46.2 Å². The van der Waals surface area contributed by atoms with Crippen LogP contribution >= 0.6 is 25.8 Å². The van der Waals surface area contributed by atoms with E-state index < -0.39 is 62.1 Å². The molecule has 9 aromatic carbocycles. The fraction of sp³-hybridized carbons (Fsp3) is 0.206. The van der Waals surface area contributed by atoms with E-state index in [2.05, 4.69) is 36.4 Å².